The zero-order chi connectivity index (χ0) is 68.7. The molecular weight excluding hydrogens is 1310 g/mol. The predicted molar refractivity (Wildman–Crippen MR) is 322 cm³/mol. The minimum Gasteiger partial charge on any atom is -0.463 e. The van der Waals surface area contributed by atoms with E-state index in [2.05, 4.69) is 10.2 Å². The Morgan fingerprint density at radius 3 is 0.804 bits per heavy atom. The molecule has 3 rings (SSSR count). The summed E-state index contributed by atoms with van der Waals surface area (Å²) in [6, 6.07) is 0. The van der Waals surface area contributed by atoms with E-state index in [-0.39, 0.29) is 63.4 Å². The summed E-state index contributed by atoms with van der Waals surface area (Å²) in [7, 11) is 0. The molecule has 3 heterocycles. The van der Waals surface area contributed by atoms with Gasteiger partial charge in [0.2, 0.25) is 0 Å². The van der Waals surface area contributed by atoms with Gasteiger partial charge in [0.15, 0.2) is 54.9 Å². The van der Waals surface area contributed by atoms with Crippen LogP contribution in [0.25, 0.3) is 0 Å². The van der Waals surface area contributed by atoms with Crippen molar-refractivity contribution in [2.24, 2.45) is 10.4 Å². The third-order valence-corrected chi connectivity index (χ3v) is 16.5. The maximum absolute atomic E-state index is 12.4. The molecule has 3 aliphatic rings. The van der Waals surface area contributed by atoms with Crippen LogP contribution in [0.1, 0.15) is 102 Å². The second kappa shape index (κ2) is 41.8. The molecule has 0 radical (unpaired) electrons. The molecule has 0 aromatic rings. The van der Waals surface area contributed by atoms with Gasteiger partial charge in [-0.25, -0.2) is 4.99 Å². The quantitative estimate of drug-likeness (QED) is 0.0282. The topological polar surface area (TPSA) is 383 Å². The van der Waals surface area contributed by atoms with Crippen molar-refractivity contribution in [3.8, 4) is 0 Å². The number of thioether (sulfide) groups is 3. The smallest absolute Gasteiger partial charge is 0.303 e. The van der Waals surface area contributed by atoms with E-state index in [1.165, 1.54) is 0 Å². The number of isothiocyanates is 1. The van der Waals surface area contributed by atoms with Crippen LogP contribution in [0.4, 0.5) is 0 Å². The van der Waals surface area contributed by atoms with Crippen LogP contribution in [0.3, 0.4) is 0 Å². The van der Waals surface area contributed by atoms with Crippen LogP contribution in [-0.2, 0) is 143 Å². The predicted octanol–water partition coefficient (Wildman–Crippen LogP) is 2.74. The molecule has 520 valence electrons. The van der Waals surface area contributed by atoms with Crippen LogP contribution in [0.15, 0.2) is 4.99 Å². The lowest BCUT2D eigenvalue weighted by Gasteiger charge is -2.44. The van der Waals surface area contributed by atoms with Gasteiger partial charge in [0.25, 0.3) is 0 Å². The maximum atomic E-state index is 12.4. The molecule has 3 saturated heterocycles. The number of nitrogens with zero attached hydrogens (tertiary/aromatic N) is 1. The molecule has 3 aliphatic heterocycles. The van der Waals surface area contributed by atoms with E-state index in [9.17, 15) is 57.5 Å². The molecule has 31 nitrogen and oxygen atoms in total. The zero-order valence-corrected chi connectivity index (χ0v) is 56.6. The summed E-state index contributed by atoms with van der Waals surface area (Å²) in [6.45, 7) is 12.5. The molecule has 15 atom stereocenters. The van der Waals surface area contributed by atoms with Gasteiger partial charge in [-0.3, -0.25) is 57.5 Å². The number of hydrogen-bond acceptors (Lipinski definition) is 35. The van der Waals surface area contributed by atoms with Crippen LogP contribution >= 0.6 is 47.5 Å². The van der Waals surface area contributed by atoms with Gasteiger partial charge in [0.05, 0.1) is 36.9 Å². The van der Waals surface area contributed by atoms with Crippen LogP contribution in [-0.4, -0.2) is 250 Å². The number of esters is 12. The Hall–Kier alpha value is -5.75. The van der Waals surface area contributed by atoms with Crippen molar-refractivity contribution in [1.29, 1.82) is 0 Å². The third-order valence-electron chi connectivity index (χ3n) is 12.7. The van der Waals surface area contributed by atoms with Crippen LogP contribution in [0.5, 0.6) is 0 Å². The van der Waals surface area contributed by atoms with Gasteiger partial charge in [0, 0.05) is 103 Å². The molecule has 0 unspecified atom stereocenters. The third kappa shape index (κ3) is 29.7. The largest absolute Gasteiger partial charge is 0.463 e. The summed E-state index contributed by atoms with van der Waals surface area (Å²) >= 11 is 8.48. The number of ether oxygens (including phenoxy) is 18. The van der Waals surface area contributed by atoms with Gasteiger partial charge < -0.3 is 85.3 Å². The normalized spacial score (nSPS) is 26.0. The lowest BCUT2D eigenvalue weighted by molar-refractivity contribution is -0.237. The van der Waals surface area contributed by atoms with Crippen molar-refractivity contribution >= 4 is 124 Å². The monoisotopic (exact) mass is 1390 g/mol. The van der Waals surface area contributed by atoms with Gasteiger partial charge >= 0.3 is 71.6 Å². The average molecular weight is 1390 g/mol. The second-order valence-electron chi connectivity index (χ2n) is 20.9. The van der Waals surface area contributed by atoms with Crippen molar-refractivity contribution < 1.29 is 143 Å². The van der Waals surface area contributed by atoms with E-state index < -0.39 is 186 Å². The van der Waals surface area contributed by atoms with Crippen molar-refractivity contribution in [3.63, 3.8) is 0 Å². The molecule has 0 saturated carbocycles. The second-order valence-corrected chi connectivity index (χ2v) is 24.7. The fourth-order valence-corrected chi connectivity index (χ4v) is 12.9. The molecule has 3 fully saturated rings. The van der Waals surface area contributed by atoms with Crippen molar-refractivity contribution in [2.75, 3.05) is 83.3 Å². The summed E-state index contributed by atoms with van der Waals surface area (Å²) in [4.78, 5) is 151. The Balaban J connectivity index is 1.88. The van der Waals surface area contributed by atoms with Crippen molar-refractivity contribution in [1.82, 2.24) is 0 Å². The Morgan fingerprint density at radius 2 is 0.587 bits per heavy atom. The molecule has 0 aromatic carbocycles. The zero-order valence-electron chi connectivity index (χ0n) is 53.3. The molecule has 0 aromatic heterocycles. The fraction of sp³-hybridized carbons (Fsp3) is 0.772. The summed E-state index contributed by atoms with van der Waals surface area (Å²) < 4.78 is 103. The standard InChI is InChI=1S/C57H83NO30S4/c1-30(59)74-22-42-45(77-33(4)62)48(80-36(7)65)51(83-39(10)68)54(86-42)90-19-13-16-71-26-57(25-58-29-89,27-72-17-14-20-91-55-52(84-40(11)69)49(81-37(8)66)46(78-34(5)63)43(87-55)23-75-31(2)60)28-73-18-15-21-92-56-53(85-41(12)70)50(82-38(9)67)47(79-35(6)64)44(88-56)24-76-32(3)61/h42-56H,13-28H2,1-12H3/t42-,43-,44-,45-,46-,47-,48+,49+,50+,51+,52+,53+,54-,55-,56-/m1/s1. The molecule has 0 spiro atoms. The molecule has 35 heteroatoms. The highest BCUT2D eigenvalue weighted by Gasteiger charge is 2.55. The van der Waals surface area contributed by atoms with Crippen molar-refractivity contribution in [3.05, 3.63) is 0 Å². The first-order chi connectivity index (χ1) is 43.4. The molecular formula is C57H83NO30S4. The Morgan fingerprint density at radius 1 is 0.359 bits per heavy atom. The number of hydrogen-bond donors (Lipinski definition) is 0. The number of carbonyl (C=O) groups excluding carboxylic acids is 12. The number of thiocarbonyl (C=S) groups is 1. The SMILES string of the molecule is CC(=O)OC[C@H]1O[C@H](SCCCOCC(CN=C=S)(COCCCS[C@H]2O[C@H](COC(C)=O)[C@@H](OC(C)=O)[C@H](OC(C)=O)[C@@H]2OC(C)=O)COCCCS[C@H]2O[C@H](COC(C)=O)[C@@H](OC(C)=O)[C@H](OC(C)=O)[C@@H]2OC(C)=O)[C@@H](OC(C)=O)[C@@H](OC(C)=O)[C@@H]1OC(C)=O. The van der Waals surface area contributed by atoms with E-state index in [1.54, 1.807) is 0 Å². The number of rotatable bonds is 38. The minimum absolute atomic E-state index is 0.0189. The highest BCUT2D eigenvalue weighted by atomic mass is 32.2. The van der Waals surface area contributed by atoms with Gasteiger partial charge in [0.1, 0.15) is 54.4 Å². The summed E-state index contributed by atoms with van der Waals surface area (Å²) in [5.74, 6) is -8.13. The Bertz CT molecular complexity index is 2290. The van der Waals surface area contributed by atoms with E-state index in [0.29, 0.717) is 19.3 Å². The Kier molecular flexibility index (Phi) is 36.6. The summed E-state index contributed by atoms with van der Waals surface area (Å²) in [6.07, 6.45) is -14.4. The molecule has 0 amide bonds. The van der Waals surface area contributed by atoms with Gasteiger partial charge in [-0.15, -0.1) is 35.3 Å². The highest BCUT2D eigenvalue weighted by molar-refractivity contribution is 8.00. The van der Waals surface area contributed by atoms with Gasteiger partial charge in [-0.1, -0.05) is 0 Å². The first-order valence-corrected chi connectivity index (χ1v) is 32.5. The van der Waals surface area contributed by atoms with Gasteiger partial charge in [-0.05, 0) is 48.7 Å². The van der Waals surface area contributed by atoms with Crippen LogP contribution in [0.2, 0.25) is 0 Å². The van der Waals surface area contributed by atoms with Crippen LogP contribution < -0.4 is 0 Å². The lowest BCUT2D eigenvalue weighted by atomic mass is 9.91. The number of carbonyl (C=O) groups is 12. The molecule has 92 heavy (non-hydrogen) atoms. The minimum atomic E-state index is -1.36. The summed E-state index contributed by atoms with van der Waals surface area (Å²) in [5.41, 5.74) is -4.17. The average Bonchev–Trinajstić information content (AvgIpc) is 0.855. The highest BCUT2D eigenvalue weighted by Crippen LogP contribution is 2.38. The molecule has 0 N–H and O–H groups in total. The van der Waals surface area contributed by atoms with Gasteiger partial charge in [-0.2, -0.15) is 0 Å². The van der Waals surface area contributed by atoms with Crippen molar-refractivity contribution in [2.45, 2.75) is 192 Å². The number of aliphatic imine (C=N–C) groups is 1. The lowest BCUT2D eigenvalue weighted by Crippen LogP contribution is -2.61. The Labute approximate surface area is 550 Å². The maximum Gasteiger partial charge on any atom is 0.303 e. The molecule has 0 bridgehead atoms. The first-order valence-electron chi connectivity index (χ1n) is 29.0. The fourth-order valence-electron chi connectivity index (χ4n) is 9.38. The van der Waals surface area contributed by atoms with E-state index in [1.807, 2.05) is 0 Å². The first kappa shape index (κ1) is 80.5. The van der Waals surface area contributed by atoms with E-state index in [0.717, 1.165) is 118 Å². The van der Waals surface area contributed by atoms with E-state index >= 15 is 0 Å². The van der Waals surface area contributed by atoms with E-state index in [4.69, 9.17) is 97.5 Å². The summed E-state index contributed by atoms with van der Waals surface area (Å²) in [5, 5.41) is 2.38. The molecule has 0 aliphatic carbocycles. The van der Waals surface area contributed by atoms with Crippen LogP contribution in [0, 0.1) is 5.41 Å².